The molecule has 0 saturated heterocycles. The number of hydrogen-bond donors (Lipinski definition) is 1. The first-order valence-corrected chi connectivity index (χ1v) is 8.38. The van der Waals surface area contributed by atoms with Gasteiger partial charge >= 0.3 is 0 Å². The third kappa shape index (κ3) is 4.25. The van der Waals surface area contributed by atoms with Gasteiger partial charge in [0.1, 0.15) is 16.9 Å². The summed E-state index contributed by atoms with van der Waals surface area (Å²) in [5.74, 6) is -0.781. The van der Waals surface area contributed by atoms with Gasteiger partial charge < -0.3 is 5.32 Å². The number of nitrogens with one attached hydrogen (secondary N) is 1. The minimum absolute atomic E-state index is 0.128. The summed E-state index contributed by atoms with van der Waals surface area (Å²) in [6.45, 7) is 5.37. The van der Waals surface area contributed by atoms with E-state index in [-0.39, 0.29) is 10.9 Å². The van der Waals surface area contributed by atoms with Crippen LogP contribution in [0.2, 0.25) is 5.02 Å². The van der Waals surface area contributed by atoms with E-state index in [1.807, 2.05) is 19.9 Å². The van der Waals surface area contributed by atoms with Crippen molar-refractivity contribution in [2.45, 2.75) is 31.0 Å². The first-order chi connectivity index (χ1) is 11.3. The average molecular weight is 364 g/mol. The Morgan fingerprint density at radius 2 is 2.12 bits per heavy atom. The highest BCUT2D eigenvalue weighted by Crippen LogP contribution is 2.29. The topological polar surface area (TPSA) is 65.8 Å². The highest BCUT2D eigenvalue weighted by Gasteiger charge is 2.19. The second kappa shape index (κ2) is 7.65. The lowest BCUT2D eigenvalue weighted by Gasteiger charge is -2.14. The molecule has 0 spiro atoms. The number of rotatable bonds is 4. The van der Waals surface area contributed by atoms with Gasteiger partial charge in [-0.15, -0.1) is 0 Å². The number of nitriles is 1. The Hall–Kier alpha value is -2.10. The SMILES string of the molecule is Cc1cc(C)c(C#N)c(S[C@@H](C)C(=O)Nc2ccc(F)cc2Cl)n1. The molecule has 1 atom stereocenters. The Morgan fingerprint density at radius 3 is 2.75 bits per heavy atom. The molecule has 24 heavy (non-hydrogen) atoms. The second-order valence-electron chi connectivity index (χ2n) is 5.25. The van der Waals surface area contributed by atoms with E-state index in [1.54, 1.807) is 6.92 Å². The lowest BCUT2D eigenvalue weighted by Crippen LogP contribution is -2.23. The smallest absolute Gasteiger partial charge is 0.237 e. The fourth-order valence-corrected chi connectivity index (χ4v) is 3.31. The standard InChI is InChI=1S/C17H15ClFN3OS/c1-9-6-10(2)21-17(13(9)8-20)24-11(3)16(23)22-15-5-4-12(19)7-14(15)18/h4-7,11H,1-3H3,(H,22,23)/t11-/m0/s1. The Kier molecular flexibility index (Phi) is 5.81. The van der Waals surface area contributed by atoms with Crippen LogP contribution in [0.15, 0.2) is 29.3 Å². The molecule has 0 aliphatic carbocycles. The van der Waals surface area contributed by atoms with E-state index < -0.39 is 11.1 Å². The van der Waals surface area contributed by atoms with Crippen molar-refractivity contribution in [1.29, 1.82) is 5.26 Å². The number of amides is 1. The zero-order valence-electron chi connectivity index (χ0n) is 13.4. The van der Waals surface area contributed by atoms with Crippen LogP contribution in [0.25, 0.3) is 0 Å². The van der Waals surface area contributed by atoms with E-state index in [0.717, 1.165) is 17.3 Å². The van der Waals surface area contributed by atoms with Crippen LogP contribution in [0, 0.1) is 31.0 Å². The molecule has 0 aliphatic rings. The molecule has 1 aromatic heterocycles. The van der Waals surface area contributed by atoms with E-state index >= 15 is 0 Å². The number of anilines is 1. The zero-order chi connectivity index (χ0) is 17.9. The number of pyridine rings is 1. The molecular formula is C17H15ClFN3OS. The van der Waals surface area contributed by atoms with Crippen molar-refractivity contribution in [1.82, 2.24) is 4.98 Å². The summed E-state index contributed by atoms with van der Waals surface area (Å²) in [6, 6.07) is 7.71. The number of thioether (sulfide) groups is 1. The average Bonchev–Trinajstić information content (AvgIpc) is 2.49. The summed E-state index contributed by atoms with van der Waals surface area (Å²) in [5.41, 5.74) is 2.40. The molecule has 0 unspecified atom stereocenters. The number of halogens is 2. The molecule has 0 bridgehead atoms. The normalized spacial score (nSPS) is 11.7. The molecule has 124 valence electrons. The molecule has 2 rings (SSSR count). The van der Waals surface area contributed by atoms with Crippen LogP contribution in [-0.4, -0.2) is 16.1 Å². The Bertz CT molecular complexity index is 835. The molecule has 0 fully saturated rings. The van der Waals surface area contributed by atoms with Crippen molar-refractivity contribution in [2.24, 2.45) is 0 Å². The van der Waals surface area contributed by atoms with Crippen LogP contribution >= 0.6 is 23.4 Å². The lowest BCUT2D eigenvalue weighted by atomic mass is 10.1. The van der Waals surface area contributed by atoms with Crippen molar-refractivity contribution < 1.29 is 9.18 Å². The Balaban J connectivity index is 2.16. The van der Waals surface area contributed by atoms with Crippen LogP contribution in [-0.2, 0) is 4.79 Å². The molecule has 4 nitrogen and oxygen atoms in total. The summed E-state index contributed by atoms with van der Waals surface area (Å²) in [4.78, 5) is 16.7. The van der Waals surface area contributed by atoms with Gasteiger partial charge in [0, 0.05) is 5.69 Å². The summed E-state index contributed by atoms with van der Waals surface area (Å²) in [7, 11) is 0. The fraction of sp³-hybridized carbons (Fsp3) is 0.235. The number of carbonyl (C=O) groups excluding carboxylic acids is 1. The van der Waals surface area contributed by atoms with Gasteiger partial charge in [-0.2, -0.15) is 5.26 Å². The summed E-state index contributed by atoms with van der Waals surface area (Å²) < 4.78 is 13.0. The highest BCUT2D eigenvalue weighted by atomic mass is 35.5. The lowest BCUT2D eigenvalue weighted by molar-refractivity contribution is -0.115. The molecule has 1 N–H and O–H groups in total. The number of aryl methyl sites for hydroxylation is 2. The van der Waals surface area contributed by atoms with Crippen LogP contribution in [0.4, 0.5) is 10.1 Å². The summed E-state index contributed by atoms with van der Waals surface area (Å²) >= 11 is 7.11. The van der Waals surface area contributed by atoms with Crippen LogP contribution in [0.5, 0.6) is 0 Å². The van der Waals surface area contributed by atoms with Gasteiger partial charge in [-0.25, -0.2) is 9.37 Å². The molecule has 0 radical (unpaired) electrons. The number of carbonyl (C=O) groups is 1. The van der Waals surface area contributed by atoms with E-state index in [2.05, 4.69) is 16.4 Å². The largest absolute Gasteiger partial charge is 0.324 e. The van der Waals surface area contributed by atoms with Crippen molar-refractivity contribution >= 4 is 35.0 Å². The molecule has 1 aromatic carbocycles. The predicted octanol–water partition coefficient (Wildman–Crippen LogP) is 4.48. The molecular weight excluding hydrogens is 349 g/mol. The third-order valence-corrected chi connectivity index (χ3v) is 4.67. The number of hydrogen-bond acceptors (Lipinski definition) is 4. The maximum absolute atomic E-state index is 13.0. The van der Waals surface area contributed by atoms with Crippen molar-refractivity contribution in [3.05, 3.63) is 51.9 Å². The first kappa shape index (κ1) is 18.2. The third-order valence-electron chi connectivity index (χ3n) is 3.27. The maximum atomic E-state index is 13.0. The van der Waals surface area contributed by atoms with Crippen molar-refractivity contribution in [3.63, 3.8) is 0 Å². The minimum atomic E-state index is -0.507. The minimum Gasteiger partial charge on any atom is -0.324 e. The van der Waals surface area contributed by atoms with Gasteiger partial charge in [0.15, 0.2) is 0 Å². The van der Waals surface area contributed by atoms with Gasteiger partial charge in [-0.05, 0) is 50.6 Å². The maximum Gasteiger partial charge on any atom is 0.237 e. The summed E-state index contributed by atoms with van der Waals surface area (Å²) in [6.07, 6.45) is 0. The molecule has 1 heterocycles. The molecule has 0 saturated carbocycles. The quantitative estimate of drug-likeness (QED) is 0.813. The van der Waals surface area contributed by atoms with Gasteiger partial charge in [-0.1, -0.05) is 23.4 Å². The number of aromatic nitrogens is 1. The van der Waals surface area contributed by atoms with E-state index in [1.165, 1.54) is 23.9 Å². The molecule has 2 aromatic rings. The molecule has 1 amide bonds. The van der Waals surface area contributed by atoms with E-state index in [4.69, 9.17) is 11.6 Å². The Morgan fingerprint density at radius 1 is 1.42 bits per heavy atom. The van der Waals surface area contributed by atoms with Crippen molar-refractivity contribution in [2.75, 3.05) is 5.32 Å². The van der Waals surface area contributed by atoms with Crippen molar-refractivity contribution in [3.8, 4) is 6.07 Å². The monoisotopic (exact) mass is 363 g/mol. The number of nitrogens with zero attached hydrogens (tertiary/aromatic N) is 2. The Labute approximate surface area is 149 Å². The van der Waals surface area contributed by atoms with Crippen LogP contribution < -0.4 is 5.32 Å². The molecule has 0 aliphatic heterocycles. The highest BCUT2D eigenvalue weighted by molar-refractivity contribution is 8.00. The van der Waals surface area contributed by atoms with E-state index in [9.17, 15) is 14.4 Å². The van der Waals surface area contributed by atoms with Gasteiger partial charge in [0.05, 0.1) is 21.5 Å². The van der Waals surface area contributed by atoms with Gasteiger partial charge in [-0.3, -0.25) is 4.79 Å². The summed E-state index contributed by atoms with van der Waals surface area (Å²) in [5, 5.41) is 12.1. The van der Waals surface area contributed by atoms with Crippen LogP contribution in [0.3, 0.4) is 0 Å². The van der Waals surface area contributed by atoms with Gasteiger partial charge in [0.25, 0.3) is 0 Å². The zero-order valence-corrected chi connectivity index (χ0v) is 14.9. The first-order valence-electron chi connectivity index (χ1n) is 7.12. The second-order valence-corrected chi connectivity index (χ2v) is 6.98. The number of benzene rings is 1. The van der Waals surface area contributed by atoms with Gasteiger partial charge in [0.2, 0.25) is 5.91 Å². The van der Waals surface area contributed by atoms with E-state index in [0.29, 0.717) is 16.3 Å². The fourth-order valence-electron chi connectivity index (χ4n) is 2.07. The van der Waals surface area contributed by atoms with Crippen LogP contribution in [0.1, 0.15) is 23.7 Å². The molecule has 7 heteroatoms. The predicted molar refractivity (Wildman–Crippen MR) is 93.8 cm³/mol.